The molecular formula is C16H14ClFN4O2S. The predicted molar refractivity (Wildman–Crippen MR) is 93.6 cm³/mol. The van der Waals surface area contributed by atoms with E-state index >= 15 is 0 Å². The molecule has 4 rings (SSSR count). The molecule has 1 aromatic heterocycles. The van der Waals surface area contributed by atoms with Gasteiger partial charge in [0.2, 0.25) is 11.9 Å². The summed E-state index contributed by atoms with van der Waals surface area (Å²) in [6, 6.07) is 6.26. The topological polar surface area (TPSA) is 83.5 Å². The number of fused-ring (bicyclic) bond motifs is 1. The Hall–Kier alpha value is -2.19. The predicted octanol–water partition coefficient (Wildman–Crippen LogP) is 3.01. The Morgan fingerprint density at radius 1 is 1.28 bits per heavy atom. The van der Waals surface area contributed by atoms with Crippen LogP contribution in [0.3, 0.4) is 0 Å². The van der Waals surface area contributed by atoms with Gasteiger partial charge >= 0.3 is 0 Å². The first-order valence-electron chi connectivity index (χ1n) is 7.73. The van der Waals surface area contributed by atoms with Crippen molar-refractivity contribution in [3.05, 3.63) is 41.4 Å². The number of nitrogens with one attached hydrogen (secondary N) is 2. The summed E-state index contributed by atoms with van der Waals surface area (Å²) in [4.78, 5) is 7.87. The minimum atomic E-state index is -3.77. The van der Waals surface area contributed by atoms with Gasteiger partial charge in [0.05, 0.1) is 5.69 Å². The molecule has 1 aromatic carbocycles. The van der Waals surface area contributed by atoms with Crippen molar-refractivity contribution in [1.29, 1.82) is 0 Å². The average Bonchev–Trinajstić information content (AvgIpc) is 3.39. The summed E-state index contributed by atoms with van der Waals surface area (Å²) in [5.41, 5.74) is 1.15. The molecule has 0 saturated heterocycles. The zero-order valence-electron chi connectivity index (χ0n) is 13.0. The highest BCUT2D eigenvalue weighted by Gasteiger charge is 2.30. The van der Waals surface area contributed by atoms with E-state index in [0.717, 1.165) is 12.8 Å². The number of halogens is 2. The van der Waals surface area contributed by atoms with Crippen LogP contribution in [-0.2, 0) is 10.0 Å². The maximum atomic E-state index is 13.7. The molecule has 0 spiro atoms. The number of hydrogen-bond acceptors (Lipinski definition) is 4. The number of guanidine groups is 1. The monoisotopic (exact) mass is 380 g/mol. The fraction of sp³-hybridized carbons (Fsp3) is 0.250. The van der Waals surface area contributed by atoms with Crippen LogP contribution in [0.15, 0.2) is 40.4 Å². The lowest BCUT2D eigenvalue weighted by Crippen LogP contribution is -2.41. The van der Waals surface area contributed by atoms with Gasteiger partial charge in [0.15, 0.2) is 0 Å². The zero-order valence-corrected chi connectivity index (χ0v) is 14.5. The Bertz CT molecular complexity index is 990. The molecule has 25 heavy (non-hydrogen) atoms. The molecule has 1 saturated carbocycles. The van der Waals surface area contributed by atoms with Crippen molar-refractivity contribution in [2.45, 2.75) is 17.7 Å². The molecule has 1 fully saturated rings. The van der Waals surface area contributed by atoms with Crippen molar-refractivity contribution in [3.63, 3.8) is 0 Å². The van der Waals surface area contributed by atoms with E-state index in [2.05, 4.69) is 20.0 Å². The van der Waals surface area contributed by atoms with Crippen molar-refractivity contribution in [1.82, 2.24) is 9.71 Å². The Morgan fingerprint density at radius 2 is 2.08 bits per heavy atom. The first-order valence-corrected chi connectivity index (χ1v) is 9.59. The van der Waals surface area contributed by atoms with Crippen LogP contribution in [0, 0.1) is 11.9 Å². The van der Waals surface area contributed by atoms with E-state index in [4.69, 9.17) is 11.6 Å². The van der Waals surface area contributed by atoms with Crippen LogP contribution in [-0.4, -0.2) is 25.9 Å². The van der Waals surface area contributed by atoms with E-state index in [0.29, 0.717) is 29.3 Å². The molecule has 130 valence electrons. The lowest BCUT2D eigenvalue weighted by molar-refractivity contribution is 0.585. The molecule has 0 amide bonds. The van der Waals surface area contributed by atoms with Crippen molar-refractivity contribution in [2.75, 3.05) is 11.9 Å². The second-order valence-corrected chi connectivity index (χ2v) is 8.03. The Balaban J connectivity index is 1.84. The van der Waals surface area contributed by atoms with Gasteiger partial charge in [-0.1, -0.05) is 23.7 Å². The molecule has 0 atom stereocenters. The molecule has 2 aromatic rings. The van der Waals surface area contributed by atoms with Gasteiger partial charge in [0, 0.05) is 23.9 Å². The maximum Gasteiger partial charge on any atom is 0.266 e. The number of nitrogens with zero attached hydrogens (tertiary/aromatic N) is 2. The second-order valence-electron chi connectivity index (χ2n) is 6.01. The van der Waals surface area contributed by atoms with Gasteiger partial charge in [-0.3, -0.25) is 4.99 Å². The number of rotatable bonds is 3. The molecule has 6 nitrogen and oxygen atoms in total. The minimum absolute atomic E-state index is 0.0589. The van der Waals surface area contributed by atoms with Crippen LogP contribution in [0.4, 0.5) is 10.1 Å². The molecule has 0 unspecified atom stereocenters. The van der Waals surface area contributed by atoms with E-state index in [9.17, 15) is 12.8 Å². The molecule has 2 aliphatic rings. The highest BCUT2D eigenvalue weighted by Crippen LogP contribution is 2.39. The largest absolute Gasteiger partial charge is 0.324 e. The number of benzene rings is 1. The lowest BCUT2D eigenvalue weighted by atomic mass is 10.0. The van der Waals surface area contributed by atoms with Crippen molar-refractivity contribution < 1.29 is 12.8 Å². The van der Waals surface area contributed by atoms with Crippen LogP contribution >= 0.6 is 11.6 Å². The molecule has 1 aliphatic heterocycles. The fourth-order valence-corrected chi connectivity index (χ4v) is 4.03. The molecular weight excluding hydrogens is 367 g/mol. The summed E-state index contributed by atoms with van der Waals surface area (Å²) in [6.07, 6.45) is 3.50. The van der Waals surface area contributed by atoms with E-state index in [1.165, 1.54) is 12.3 Å². The molecule has 0 radical (unpaired) electrons. The maximum absolute atomic E-state index is 13.7. The van der Waals surface area contributed by atoms with E-state index in [-0.39, 0.29) is 15.9 Å². The van der Waals surface area contributed by atoms with Crippen LogP contribution < -0.4 is 10.0 Å². The van der Waals surface area contributed by atoms with E-state index < -0.39 is 16.0 Å². The number of aromatic nitrogens is 1. The SMILES string of the molecule is O=S1(=O)NC(=NCC2CC2)Nc2c(-c3ccnc(F)c3Cl)cccc21. The highest BCUT2D eigenvalue weighted by molar-refractivity contribution is 7.90. The third kappa shape index (κ3) is 3.07. The fourth-order valence-electron chi connectivity index (χ4n) is 2.65. The molecule has 9 heteroatoms. The van der Waals surface area contributed by atoms with Gasteiger partial charge in [-0.25, -0.2) is 18.1 Å². The number of hydrogen-bond donors (Lipinski definition) is 2. The van der Waals surface area contributed by atoms with E-state index in [1.807, 2.05) is 0 Å². The summed E-state index contributed by atoms with van der Waals surface area (Å²) < 4.78 is 41.2. The van der Waals surface area contributed by atoms with Crippen LogP contribution in [0.1, 0.15) is 12.8 Å². The summed E-state index contributed by atoms with van der Waals surface area (Å²) in [5.74, 6) is -0.132. The van der Waals surface area contributed by atoms with Gasteiger partial charge in [0.1, 0.15) is 9.92 Å². The van der Waals surface area contributed by atoms with Gasteiger partial charge in [-0.2, -0.15) is 4.39 Å². The van der Waals surface area contributed by atoms with Crippen LogP contribution in [0.2, 0.25) is 5.02 Å². The van der Waals surface area contributed by atoms with Crippen molar-refractivity contribution >= 4 is 33.3 Å². The standard InChI is InChI=1S/C16H14ClFN4O2S/c17-13-10(6-7-19-15(13)18)11-2-1-3-12-14(11)21-16(22-25(12,23)24)20-8-9-4-5-9/h1-3,6-7,9H,4-5,8H2,(H2,20,21,22). The third-order valence-corrected chi connectivity index (χ3v) is 5.87. The van der Waals surface area contributed by atoms with E-state index in [1.54, 1.807) is 18.2 Å². The second kappa shape index (κ2) is 5.96. The smallest absolute Gasteiger partial charge is 0.266 e. The molecule has 2 heterocycles. The number of anilines is 1. The van der Waals surface area contributed by atoms with Gasteiger partial charge < -0.3 is 5.32 Å². The van der Waals surface area contributed by atoms with Gasteiger partial charge in [-0.05, 0) is 30.9 Å². The van der Waals surface area contributed by atoms with Gasteiger partial charge in [-0.15, -0.1) is 0 Å². The summed E-state index contributed by atoms with van der Waals surface area (Å²) in [5, 5.41) is 2.85. The lowest BCUT2D eigenvalue weighted by Gasteiger charge is -2.24. The Kier molecular flexibility index (Phi) is 3.88. The van der Waals surface area contributed by atoms with Gasteiger partial charge in [0.25, 0.3) is 10.0 Å². The molecule has 0 bridgehead atoms. The number of para-hydroxylation sites is 1. The van der Waals surface area contributed by atoms with Crippen LogP contribution in [0.25, 0.3) is 11.1 Å². The number of sulfonamides is 1. The molecule has 1 aliphatic carbocycles. The summed E-state index contributed by atoms with van der Waals surface area (Å²) in [7, 11) is -3.77. The Labute approximate surface area is 149 Å². The first-order chi connectivity index (χ1) is 12.0. The zero-order chi connectivity index (χ0) is 17.6. The summed E-state index contributed by atoms with van der Waals surface area (Å²) >= 11 is 6.03. The number of aliphatic imine (C=N–C) groups is 1. The average molecular weight is 381 g/mol. The summed E-state index contributed by atoms with van der Waals surface area (Å²) in [6.45, 7) is 0.562. The molecule has 2 N–H and O–H groups in total. The first kappa shape index (κ1) is 16.3. The highest BCUT2D eigenvalue weighted by atomic mass is 35.5. The van der Waals surface area contributed by atoms with Crippen molar-refractivity contribution in [3.8, 4) is 11.1 Å². The third-order valence-electron chi connectivity index (χ3n) is 4.13. The van der Waals surface area contributed by atoms with Crippen molar-refractivity contribution in [2.24, 2.45) is 10.9 Å². The van der Waals surface area contributed by atoms with Crippen LogP contribution in [0.5, 0.6) is 0 Å². The Morgan fingerprint density at radius 3 is 2.84 bits per heavy atom. The minimum Gasteiger partial charge on any atom is -0.324 e. The number of pyridine rings is 1. The normalized spacial score (nSPS) is 19.8. The quantitative estimate of drug-likeness (QED) is 0.802.